The van der Waals surface area contributed by atoms with Crippen LogP contribution in [0.15, 0.2) is 24.3 Å². The van der Waals surface area contributed by atoms with E-state index in [-0.39, 0.29) is 0 Å². The van der Waals surface area contributed by atoms with Crippen LogP contribution in [0.4, 0.5) is 5.69 Å². The molecular weight excluding hydrogens is 202 g/mol. The second-order valence-corrected chi connectivity index (χ2v) is 5.22. The average Bonchev–Trinajstić information content (AvgIpc) is 2.31. The number of hydrogen-bond acceptors (Lipinski definition) is 2. The number of thioether (sulfide) groups is 1. The van der Waals surface area contributed by atoms with Crippen LogP contribution in [0.3, 0.4) is 0 Å². The minimum Gasteiger partial charge on any atom is -0.381 e. The first kappa shape index (κ1) is 10.9. The Kier molecular flexibility index (Phi) is 3.95. The van der Waals surface area contributed by atoms with Crippen molar-refractivity contribution in [3.8, 4) is 0 Å². The van der Waals surface area contributed by atoms with E-state index in [2.05, 4.69) is 48.3 Å². The van der Waals surface area contributed by atoms with Crippen LogP contribution in [0.2, 0.25) is 0 Å². The van der Waals surface area contributed by atoms with E-state index >= 15 is 0 Å². The summed E-state index contributed by atoms with van der Waals surface area (Å²) in [6.07, 6.45) is 3.80. The van der Waals surface area contributed by atoms with E-state index in [4.69, 9.17) is 0 Å². The van der Waals surface area contributed by atoms with Crippen molar-refractivity contribution in [2.75, 3.05) is 16.8 Å². The van der Waals surface area contributed by atoms with Gasteiger partial charge in [-0.2, -0.15) is 11.8 Å². The van der Waals surface area contributed by atoms with Crippen LogP contribution in [0, 0.1) is 0 Å². The molecule has 1 saturated heterocycles. The molecule has 1 aromatic rings. The third-order valence-corrected chi connectivity index (χ3v) is 4.13. The lowest BCUT2D eigenvalue weighted by Gasteiger charge is -2.24. The largest absolute Gasteiger partial charge is 0.381 e. The molecule has 1 aliphatic heterocycles. The Morgan fingerprint density at radius 2 is 2.27 bits per heavy atom. The molecule has 0 saturated carbocycles. The van der Waals surface area contributed by atoms with Gasteiger partial charge in [0.1, 0.15) is 0 Å². The zero-order valence-electron chi connectivity index (χ0n) is 9.33. The number of rotatable bonds is 3. The van der Waals surface area contributed by atoms with E-state index in [1.54, 1.807) is 0 Å². The zero-order chi connectivity index (χ0) is 10.5. The Bertz CT molecular complexity index is 305. The Balaban J connectivity index is 2.02. The van der Waals surface area contributed by atoms with Crippen molar-refractivity contribution in [1.29, 1.82) is 0 Å². The molecule has 2 heteroatoms. The lowest BCUT2D eigenvalue weighted by molar-refractivity contribution is 0.684. The highest BCUT2D eigenvalue weighted by molar-refractivity contribution is 7.99. The summed E-state index contributed by atoms with van der Waals surface area (Å²) in [5, 5.41) is 3.68. The SMILES string of the molecule is CCc1ccccc1N[C@@H]1CCCSC1. The van der Waals surface area contributed by atoms with Crippen molar-refractivity contribution >= 4 is 17.4 Å². The number of benzene rings is 1. The number of hydrogen-bond donors (Lipinski definition) is 1. The predicted molar refractivity (Wildman–Crippen MR) is 69.8 cm³/mol. The molecule has 0 aliphatic carbocycles. The summed E-state index contributed by atoms with van der Waals surface area (Å²) in [6, 6.07) is 9.35. The Labute approximate surface area is 96.7 Å². The predicted octanol–water partition coefficient (Wildman–Crippen LogP) is 3.56. The molecule has 0 bridgehead atoms. The lowest BCUT2D eigenvalue weighted by atomic mass is 10.1. The molecule has 2 rings (SSSR count). The number of para-hydroxylation sites is 1. The fourth-order valence-electron chi connectivity index (χ4n) is 2.04. The Morgan fingerprint density at radius 1 is 1.40 bits per heavy atom. The van der Waals surface area contributed by atoms with Gasteiger partial charge in [0, 0.05) is 17.5 Å². The highest BCUT2D eigenvalue weighted by atomic mass is 32.2. The second kappa shape index (κ2) is 5.45. The zero-order valence-corrected chi connectivity index (χ0v) is 10.1. The fourth-order valence-corrected chi connectivity index (χ4v) is 3.12. The van der Waals surface area contributed by atoms with Crippen LogP contribution in [0.5, 0.6) is 0 Å². The summed E-state index contributed by atoms with van der Waals surface area (Å²) in [4.78, 5) is 0. The molecule has 0 amide bonds. The number of nitrogens with one attached hydrogen (secondary N) is 1. The van der Waals surface area contributed by atoms with Gasteiger partial charge in [-0.3, -0.25) is 0 Å². The quantitative estimate of drug-likeness (QED) is 0.837. The van der Waals surface area contributed by atoms with Crippen LogP contribution < -0.4 is 5.32 Å². The van der Waals surface area contributed by atoms with Crippen LogP contribution in [-0.4, -0.2) is 17.5 Å². The minimum absolute atomic E-state index is 0.677. The van der Waals surface area contributed by atoms with Gasteiger partial charge in [0.2, 0.25) is 0 Å². The van der Waals surface area contributed by atoms with Crippen molar-refractivity contribution in [3.63, 3.8) is 0 Å². The molecular formula is C13H19NS. The molecule has 0 unspecified atom stereocenters. The van der Waals surface area contributed by atoms with Crippen molar-refractivity contribution in [1.82, 2.24) is 0 Å². The van der Waals surface area contributed by atoms with Crippen LogP contribution >= 0.6 is 11.8 Å². The van der Waals surface area contributed by atoms with E-state index in [0.717, 1.165) is 6.42 Å². The molecule has 1 aromatic carbocycles. The monoisotopic (exact) mass is 221 g/mol. The first-order chi connectivity index (χ1) is 7.40. The maximum absolute atomic E-state index is 3.68. The van der Waals surface area contributed by atoms with E-state index < -0.39 is 0 Å². The summed E-state index contributed by atoms with van der Waals surface area (Å²) >= 11 is 2.07. The molecule has 0 spiro atoms. The van der Waals surface area contributed by atoms with Crippen LogP contribution in [0.1, 0.15) is 25.3 Å². The third-order valence-electron chi connectivity index (χ3n) is 2.92. The molecule has 1 aliphatic rings. The van der Waals surface area contributed by atoms with Gasteiger partial charge in [0.15, 0.2) is 0 Å². The maximum Gasteiger partial charge on any atom is 0.0375 e. The molecule has 1 heterocycles. The smallest absolute Gasteiger partial charge is 0.0375 e. The summed E-state index contributed by atoms with van der Waals surface area (Å²) < 4.78 is 0. The summed E-state index contributed by atoms with van der Waals surface area (Å²) in [6.45, 7) is 2.22. The minimum atomic E-state index is 0.677. The third kappa shape index (κ3) is 2.91. The fraction of sp³-hybridized carbons (Fsp3) is 0.538. The van der Waals surface area contributed by atoms with Gasteiger partial charge >= 0.3 is 0 Å². The van der Waals surface area contributed by atoms with E-state index in [1.807, 2.05) is 0 Å². The van der Waals surface area contributed by atoms with E-state index in [9.17, 15) is 0 Å². The van der Waals surface area contributed by atoms with Crippen LogP contribution in [0.25, 0.3) is 0 Å². The topological polar surface area (TPSA) is 12.0 Å². The molecule has 1 atom stereocenters. The molecule has 0 radical (unpaired) electrons. The van der Waals surface area contributed by atoms with Crippen molar-refractivity contribution in [3.05, 3.63) is 29.8 Å². The van der Waals surface area contributed by atoms with Gasteiger partial charge in [-0.05, 0) is 36.6 Å². The highest BCUT2D eigenvalue weighted by Gasteiger charge is 2.13. The van der Waals surface area contributed by atoms with Gasteiger partial charge in [-0.15, -0.1) is 0 Å². The van der Waals surface area contributed by atoms with Gasteiger partial charge in [0.05, 0.1) is 0 Å². The summed E-state index contributed by atoms with van der Waals surface area (Å²) in [5.74, 6) is 2.60. The van der Waals surface area contributed by atoms with Gasteiger partial charge in [0.25, 0.3) is 0 Å². The summed E-state index contributed by atoms with van der Waals surface area (Å²) in [7, 11) is 0. The first-order valence-electron chi connectivity index (χ1n) is 5.82. The average molecular weight is 221 g/mol. The molecule has 1 N–H and O–H groups in total. The molecule has 0 aromatic heterocycles. The van der Waals surface area contributed by atoms with Crippen molar-refractivity contribution in [2.45, 2.75) is 32.2 Å². The summed E-state index contributed by atoms with van der Waals surface area (Å²) in [5.41, 5.74) is 2.78. The highest BCUT2D eigenvalue weighted by Crippen LogP contribution is 2.23. The van der Waals surface area contributed by atoms with E-state index in [0.29, 0.717) is 6.04 Å². The molecule has 15 heavy (non-hydrogen) atoms. The van der Waals surface area contributed by atoms with Crippen molar-refractivity contribution < 1.29 is 0 Å². The Morgan fingerprint density at radius 3 is 3.00 bits per heavy atom. The normalized spacial score (nSPS) is 21.3. The Hall–Kier alpha value is -0.630. The molecule has 82 valence electrons. The number of anilines is 1. The van der Waals surface area contributed by atoms with Gasteiger partial charge < -0.3 is 5.32 Å². The standard InChI is InChI=1S/C13H19NS/c1-2-11-6-3-4-8-13(11)14-12-7-5-9-15-10-12/h3-4,6,8,12,14H,2,5,7,9-10H2,1H3/t12-/m1/s1. The molecule has 1 nitrogen and oxygen atoms in total. The molecule has 1 fully saturated rings. The van der Waals surface area contributed by atoms with Gasteiger partial charge in [-0.1, -0.05) is 25.1 Å². The second-order valence-electron chi connectivity index (χ2n) is 4.07. The van der Waals surface area contributed by atoms with Crippen molar-refractivity contribution in [2.24, 2.45) is 0 Å². The number of aryl methyl sites for hydroxylation is 1. The van der Waals surface area contributed by atoms with E-state index in [1.165, 1.54) is 35.6 Å². The maximum atomic E-state index is 3.68. The van der Waals surface area contributed by atoms with Crippen LogP contribution in [-0.2, 0) is 6.42 Å². The first-order valence-corrected chi connectivity index (χ1v) is 6.98. The van der Waals surface area contributed by atoms with Gasteiger partial charge in [-0.25, -0.2) is 0 Å². The lowest BCUT2D eigenvalue weighted by Crippen LogP contribution is -2.26.